The zero-order chi connectivity index (χ0) is 15.1. The van der Waals surface area contributed by atoms with Gasteiger partial charge >= 0.3 is 0 Å². The number of anilines is 2. The van der Waals surface area contributed by atoms with Crippen molar-refractivity contribution in [3.8, 4) is 0 Å². The van der Waals surface area contributed by atoms with Crippen molar-refractivity contribution in [2.24, 2.45) is 5.92 Å². The molecule has 0 aliphatic rings. The highest BCUT2D eigenvalue weighted by atomic mass is 16.5. The number of rotatable bonds is 9. The largest absolute Gasteiger partial charge is 0.380 e. The Hall–Kier alpha value is -1.82. The van der Waals surface area contributed by atoms with E-state index >= 15 is 0 Å². The maximum Gasteiger partial charge on any atom is 0.180 e. The number of hydrogen-bond donors (Lipinski definition) is 2. The average molecular weight is 291 g/mol. The molecule has 0 aliphatic carbocycles. The summed E-state index contributed by atoms with van der Waals surface area (Å²) in [7, 11) is 0. The summed E-state index contributed by atoms with van der Waals surface area (Å²) in [5, 5.41) is 6.52. The van der Waals surface area contributed by atoms with Crippen LogP contribution in [0.25, 0.3) is 5.65 Å². The number of hydrogen-bond acceptors (Lipinski definition) is 5. The van der Waals surface area contributed by atoms with E-state index in [0.29, 0.717) is 12.5 Å². The minimum Gasteiger partial charge on any atom is -0.380 e. The van der Waals surface area contributed by atoms with E-state index in [9.17, 15) is 0 Å². The van der Waals surface area contributed by atoms with Crippen LogP contribution in [0, 0.1) is 5.92 Å². The summed E-state index contributed by atoms with van der Waals surface area (Å²) in [6.07, 6.45) is 6.73. The molecule has 0 atom stereocenters. The summed E-state index contributed by atoms with van der Waals surface area (Å²) in [6.45, 7) is 9.50. The fourth-order valence-electron chi connectivity index (χ4n) is 1.98. The van der Waals surface area contributed by atoms with Crippen molar-refractivity contribution >= 4 is 17.3 Å². The number of nitrogens with one attached hydrogen (secondary N) is 2. The number of fused-ring (bicyclic) bond motifs is 1. The van der Waals surface area contributed by atoms with E-state index in [-0.39, 0.29) is 0 Å². The second-order valence-corrected chi connectivity index (χ2v) is 5.38. The molecule has 0 aliphatic heterocycles. The molecule has 6 nitrogen and oxygen atoms in total. The number of aromatic nitrogens is 3. The van der Waals surface area contributed by atoms with Gasteiger partial charge in [-0.25, -0.2) is 9.97 Å². The van der Waals surface area contributed by atoms with Gasteiger partial charge in [0.2, 0.25) is 0 Å². The van der Waals surface area contributed by atoms with E-state index in [1.54, 1.807) is 6.20 Å². The van der Waals surface area contributed by atoms with Crippen LogP contribution >= 0.6 is 0 Å². The van der Waals surface area contributed by atoms with E-state index in [1.165, 1.54) is 0 Å². The van der Waals surface area contributed by atoms with Crippen LogP contribution in [-0.4, -0.2) is 40.7 Å². The quantitative estimate of drug-likeness (QED) is 0.695. The number of nitrogens with zero attached hydrogens (tertiary/aromatic N) is 3. The molecule has 2 aromatic rings. The van der Waals surface area contributed by atoms with Gasteiger partial charge in [0.15, 0.2) is 11.5 Å². The lowest BCUT2D eigenvalue weighted by Gasteiger charge is -2.11. The number of ether oxygens (including phenoxy) is 1. The molecular formula is C15H25N5O. The zero-order valence-corrected chi connectivity index (χ0v) is 13.1. The van der Waals surface area contributed by atoms with Gasteiger partial charge in [-0.3, -0.25) is 0 Å². The predicted molar refractivity (Wildman–Crippen MR) is 85.9 cm³/mol. The van der Waals surface area contributed by atoms with Crippen molar-refractivity contribution in [1.29, 1.82) is 0 Å². The summed E-state index contributed by atoms with van der Waals surface area (Å²) < 4.78 is 7.57. The summed E-state index contributed by atoms with van der Waals surface area (Å²) in [4.78, 5) is 8.88. The molecule has 0 bridgehead atoms. The second kappa shape index (κ2) is 7.83. The summed E-state index contributed by atoms with van der Waals surface area (Å²) in [5.41, 5.74) is 0.832. The van der Waals surface area contributed by atoms with E-state index in [2.05, 4.69) is 41.4 Å². The highest BCUT2D eigenvalue weighted by molar-refractivity contribution is 5.65. The Labute approximate surface area is 125 Å². The van der Waals surface area contributed by atoms with Gasteiger partial charge in [-0.05, 0) is 19.3 Å². The van der Waals surface area contributed by atoms with Crippen LogP contribution in [0.15, 0.2) is 18.6 Å². The fraction of sp³-hybridized carbons (Fsp3) is 0.600. The molecule has 0 saturated heterocycles. The zero-order valence-electron chi connectivity index (χ0n) is 13.1. The lowest BCUT2D eigenvalue weighted by molar-refractivity contribution is 0.132. The Morgan fingerprint density at radius 2 is 2.14 bits per heavy atom. The summed E-state index contributed by atoms with van der Waals surface area (Å²) in [6, 6.07) is 0. The number of imidazole rings is 1. The van der Waals surface area contributed by atoms with Crippen molar-refractivity contribution in [3.63, 3.8) is 0 Å². The van der Waals surface area contributed by atoms with Gasteiger partial charge in [0, 0.05) is 32.1 Å². The smallest absolute Gasteiger partial charge is 0.180 e. The van der Waals surface area contributed by atoms with Gasteiger partial charge < -0.3 is 19.8 Å². The van der Waals surface area contributed by atoms with E-state index in [4.69, 9.17) is 4.74 Å². The van der Waals surface area contributed by atoms with E-state index in [1.807, 2.05) is 16.8 Å². The maximum absolute atomic E-state index is 5.60. The van der Waals surface area contributed by atoms with Crippen molar-refractivity contribution in [2.45, 2.75) is 27.2 Å². The normalized spacial score (nSPS) is 11.2. The maximum atomic E-state index is 5.60. The average Bonchev–Trinajstić information content (AvgIpc) is 2.91. The molecule has 2 rings (SSSR count). The van der Waals surface area contributed by atoms with Gasteiger partial charge in [-0.2, -0.15) is 0 Å². The molecule has 0 aromatic carbocycles. The highest BCUT2D eigenvalue weighted by Crippen LogP contribution is 2.15. The topological polar surface area (TPSA) is 63.5 Å². The molecule has 2 N–H and O–H groups in total. The van der Waals surface area contributed by atoms with Crippen molar-refractivity contribution < 1.29 is 4.74 Å². The standard InChI is InChI=1S/C15H25N5O/c1-4-16-13-11-20-8-6-18-15(20)14(19-13)17-7-10-21-9-5-12(2)3/h6,8,11-12,16H,4-5,7,9-10H2,1-3H3,(H,17,19). The van der Waals surface area contributed by atoms with Crippen LogP contribution in [-0.2, 0) is 4.74 Å². The monoisotopic (exact) mass is 291 g/mol. The second-order valence-electron chi connectivity index (χ2n) is 5.38. The highest BCUT2D eigenvalue weighted by Gasteiger charge is 2.06. The Bertz CT molecular complexity index is 552. The minimum absolute atomic E-state index is 0.673. The molecule has 0 radical (unpaired) electrons. The molecule has 0 amide bonds. The lowest BCUT2D eigenvalue weighted by Crippen LogP contribution is -2.13. The van der Waals surface area contributed by atoms with Crippen LogP contribution in [0.1, 0.15) is 27.2 Å². The lowest BCUT2D eigenvalue weighted by atomic mass is 10.1. The third-order valence-corrected chi connectivity index (χ3v) is 3.11. The van der Waals surface area contributed by atoms with Gasteiger partial charge in [0.25, 0.3) is 0 Å². The first kappa shape index (κ1) is 15.6. The fourth-order valence-corrected chi connectivity index (χ4v) is 1.98. The minimum atomic E-state index is 0.673. The Balaban J connectivity index is 1.89. The van der Waals surface area contributed by atoms with Gasteiger partial charge in [0.05, 0.1) is 12.8 Å². The Kier molecular flexibility index (Phi) is 5.80. The van der Waals surface area contributed by atoms with Crippen molar-refractivity contribution in [1.82, 2.24) is 14.4 Å². The Morgan fingerprint density at radius 1 is 1.29 bits per heavy atom. The van der Waals surface area contributed by atoms with Gasteiger partial charge in [0.1, 0.15) is 5.82 Å². The van der Waals surface area contributed by atoms with Crippen molar-refractivity contribution in [3.05, 3.63) is 18.6 Å². The molecule has 0 spiro atoms. The Morgan fingerprint density at radius 3 is 2.90 bits per heavy atom. The van der Waals surface area contributed by atoms with E-state index in [0.717, 1.165) is 43.4 Å². The molecule has 21 heavy (non-hydrogen) atoms. The van der Waals surface area contributed by atoms with Crippen LogP contribution in [0.5, 0.6) is 0 Å². The third kappa shape index (κ3) is 4.60. The molecular weight excluding hydrogens is 266 g/mol. The van der Waals surface area contributed by atoms with Crippen LogP contribution in [0.4, 0.5) is 11.6 Å². The molecule has 0 fully saturated rings. The van der Waals surface area contributed by atoms with Crippen LogP contribution in [0.2, 0.25) is 0 Å². The van der Waals surface area contributed by atoms with Crippen LogP contribution in [0.3, 0.4) is 0 Å². The summed E-state index contributed by atoms with van der Waals surface area (Å²) in [5.74, 6) is 2.30. The van der Waals surface area contributed by atoms with E-state index < -0.39 is 0 Å². The first-order valence-corrected chi connectivity index (χ1v) is 7.60. The first-order valence-electron chi connectivity index (χ1n) is 7.60. The van der Waals surface area contributed by atoms with Gasteiger partial charge in [-0.1, -0.05) is 13.8 Å². The van der Waals surface area contributed by atoms with Crippen molar-refractivity contribution in [2.75, 3.05) is 36.9 Å². The molecule has 0 saturated carbocycles. The molecule has 6 heteroatoms. The summed E-state index contributed by atoms with van der Waals surface area (Å²) >= 11 is 0. The predicted octanol–water partition coefficient (Wildman–Crippen LogP) is 2.64. The molecule has 2 aromatic heterocycles. The first-order chi connectivity index (χ1) is 10.2. The van der Waals surface area contributed by atoms with Crippen LogP contribution < -0.4 is 10.6 Å². The van der Waals surface area contributed by atoms with Gasteiger partial charge in [-0.15, -0.1) is 0 Å². The molecule has 116 valence electrons. The third-order valence-electron chi connectivity index (χ3n) is 3.11. The molecule has 0 unspecified atom stereocenters. The SMILES string of the molecule is CCNc1cn2ccnc2c(NCCOCCC(C)C)n1. The molecule has 2 heterocycles.